The summed E-state index contributed by atoms with van der Waals surface area (Å²) in [6.45, 7) is 0.618. The van der Waals surface area contributed by atoms with Crippen molar-refractivity contribution in [3.8, 4) is 0 Å². The van der Waals surface area contributed by atoms with Crippen LogP contribution in [0.5, 0.6) is 0 Å². The summed E-state index contributed by atoms with van der Waals surface area (Å²) in [6, 6.07) is -0.630. The zero-order chi connectivity index (χ0) is 8.43. The summed E-state index contributed by atoms with van der Waals surface area (Å²) in [5.41, 5.74) is 5.02. The summed E-state index contributed by atoms with van der Waals surface area (Å²) in [5, 5.41) is 2.43. The molecular formula is C6H11N3O2. The van der Waals surface area contributed by atoms with E-state index in [9.17, 15) is 9.59 Å². The van der Waals surface area contributed by atoms with Gasteiger partial charge in [0.15, 0.2) is 0 Å². The van der Waals surface area contributed by atoms with Crippen LogP contribution >= 0.6 is 0 Å². The molecule has 1 fully saturated rings. The second-order valence-electron chi connectivity index (χ2n) is 2.46. The first kappa shape index (κ1) is 7.84. The predicted octanol–water partition coefficient (Wildman–Crippen LogP) is -1.11. The fourth-order valence-electron chi connectivity index (χ4n) is 1.07. The van der Waals surface area contributed by atoms with E-state index in [2.05, 4.69) is 5.32 Å². The number of nitrogens with two attached hydrogens (primary N) is 1. The maximum atomic E-state index is 10.9. The van der Waals surface area contributed by atoms with Crippen molar-refractivity contribution in [3.05, 3.63) is 0 Å². The Hall–Kier alpha value is -1.26. The molecule has 0 saturated carbocycles. The lowest BCUT2D eigenvalue weighted by Crippen LogP contribution is -2.59. The number of rotatable bonds is 1. The number of urea groups is 1. The van der Waals surface area contributed by atoms with Gasteiger partial charge >= 0.3 is 6.03 Å². The maximum Gasteiger partial charge on any atom is 0.317 e. The minimum Gasteiger partial charge on any atom is -0.368 e. The van der Waals surface area contributed by atoms with Gasteiger partial charge in [0.1, 0.15) is 6.04 Å². The number of nitrogens with zero attached hydrogens (tertiary/aromatic N) is 1. The molecule has 0 aromatic heterocycles. The Labute approximate surface area is 64.5 Å². The topological polar surface area (TPSA) is 75.4 Å². The van der Waals surface area contributed by atoms with Gasteiger partial charge in [0.05, 0.1) is 0 Å². The Morgan fingerprint density at radius 3 is 2.55 bits per heavy atom. The third-order valence-corrected chi connectivity index (χ3v) is 1.82. The van der Waals surface area contributed by atoms with E-state index in [1.807, 2.05) is 0 Å². The van der Waals surface area contributed by atoms with Crippen LogP contribution in [-0.4, -0.2) is 36.5 Å². The molecule has 1 unspecified atom stereocenters. The van der Waals surface area contributed by atoms with E-state index >= 15 is 0 Å². The van der Waals surface area contributed by atoms with Crippen LogP contribution in [0.1, 0.15) is 6.42 Å². The molecular weight excluding hydrogens is 146 g/mol. The third kappa shape index (κ3) is 1.26. The molecule has 0 aromatic rings. The molecule has 3 N–H and O–H groups in total. The van der Waals surface area contributed by atoms with Crippen molar-refractivity contribution in [3.63, 3.8) is 0 Å². The first-order chi connectivity index (χ1) is 5.16. The highest BCUT2D eigenvalue weighted by molar-refractivity contribution is 5.87. The van der Waals surface area contributed by atoms with E-state index in [-0.39, 0.29) is 6.03 Å². The molecule has 3 amide bonds. The Bertz CT molecular complexity index is 192. The number of primary amides is 1. The normalized spacial score (nSPS) is 22.3. The lowest BCUT2D eigenvalue weighted by Gasteiger charge is -2.38. The highest BCUT2D eigenvalue weighted by atomic mass is 16.2. The summed E-state index contributed by atoms with van der Waals surface area (Å²) in [5.74, 6) is -0.431. The fourth-order valence-corrected chi connectivity index (χ4v) is 1.07. The highest BCUT2D eigenvalue weighted by Crippen LogP contribution is 2.15. The van der Waals surface area contributed by atoms with Crippen LogP contribution in [0.2, 0.25) is 0 Å². The summed E-state index contributed by atoms with van der Waals surface area (Å²) in [4.78, 5) is 22.9. The molecule has 1 aliphatic heterocycles. The molecule has 0 aromatic carbocycles. The quantitative estimate of drug-likeness (QED) is 0.506. The molecule has 62 valence electrons. The van der Waals surface area contributed by atoms with Gasteiger partial charge in [0.2, 0.25) is 5.91 Å². The molecule has 5 heteroatoms. The average molecular weight is 157 g/mol. The Morgan fingerprint density at radius 1 is 1.64 bits per heavy atom. The van der Waals surface area contributed by atoms with E-state index < -0.39 is 11.9 Å². The molecule has 11 heavy (non-hydrogen) atoms. The van der Waals surface area contributed by atoms with Crippen molar-refractivity contribution in [1.82, 2.24) is 10.2 Å². The van der Waals surface area contributed by atoms with Crippen molar-refractivity contribution in [2.24, 2.45) is 5.73 Å². The van der Waals surface area contributed by atoms with Crippen molar-refractivity contribution in [1.29, 1.82) is 0 Å². The predicted molar refractivity (Wildman–Crippen MR) is 38.8 cm³/mol. The number of nitrogens with one attached hydrogen (secondary N) is 1. The number of amides is 3. The van der Waals surface area contributed by atoms with Gasteiger partial charge in [-0.15, -0.1) is 0 Å². The summed E-state index contributed by atoms with van der Waals surface area (Å²) < 4.78 is 0. The molecule has 1 atom stereocenters. The van der Waals surface area contributed by atoms with Crippen molar-refractivity contribution in [2.75, 3.05) is 13.6 Å². The van der Waals surface area contributed by atoms with Crippen LogP contribution in [0, 0.1) is 0 Å². The third-order valence-electron chi connectivity index (χ3n) is 1.82. The number of hydrogen-bond acceptors (Lipinski definition) is 2. The zero-order valence-corrected chi connectivity index (χ0v) is 6.33. The SMILES string of the molecule is CNC(=O)N1CCC1C(N)=O. The molecule has 0 spiro atoms. The summed E-state index contributed by atoms with van der Waals surface area (Å²) in [6.07, 6.45) is 0.683. The van der Waals surface area contributed by atoms with E-state index in [1.165, 1.54) is 11.9 Å². The number of hydrogen-bond donors (Lipinski definition) is 2. The number of carbonyl (C=O) groups excluding carboxylic acids is 2. The van der Waals surface area contributed by atoms with Gasteiger partial charge in [-0.05, 0) is 6.42 Å². The number of carbonyl (C=O) groups is 2. The summed E-state index contributed by atoms with van der Waals surface area (Å²) in [7, 11) is 1.53. The van der Waals surface area contributed by atoms with Crippen LogP contribution in [0.3, 0.4) is 0 Å². The largest absolute Gasteiger partial charge is 0.368 e. The van der Waals surface area contributed by atoms with Gasteiger partial charge in [-0.1, -0.05) is 0 Å². The van der Waals surface area contributed by atoms with E-state index in [0.29, 0.717) is 13.0 Å². The van der Waals surface area contributed by atoms with Gasteiger partial charge in [0, 0.05) is 13.6 Å². The average Bonchev–Trinajstić information content (AvgIpc) is 1.83. The first-order valence-electron chi connectivity index (χ1n) is 3.44. The van der Waals surface area contributed by atoms with Crippen LogP contribution in [0.25, 0.3) is 0 Å². The monoisotopic (exact) mass is 157 g/mol. The van der Waals surface area contributed by atoms with E-state index in [4.69, 9.17) is 5.73 Å². The highest BCUT2D eigenvalue weighted by Gasteiger charge is 2.35. The Morgan fingerprint density at radius 2 is 2.27 bits per heavy atom. The molecule has 0 radical (unpaired) electrons. The van der Waals surface area contributed by atoms with Gasteiger partial charge < -0.3 is 16.0 Å². The van der Waals surface area contributed by atoms with Crippen LogP contribution in [0.15, 0.2) is 0 Å². The minimum absolute atomic E-state index is 0.236. The van der Waals surface area contributed by atoms with Crippen molar-refractivity contribution in [2.45, 2.75) is 12.5 Å². The molecule has 1 aliphatic rings. The zero-order valence-electron chi connectivity index (χ0n) is 6.33. The van der Waals surface area contributed by atoms with E-state index in [1.54, 1.807) is 0 Å². The van der Waals surface area contributed by atoms with Crippen molar-refractivity contribution < 1.29 is 9.59 Å². The van der Waals surface area contributed by atoms with Crippen molar-refractivity contribution >= 4 is 11.9 Å². The van der Waals surface area contributed by atoms with Crippen LogP contribution in [-0.2, 0) is 4.79 Å². The second kappa shape index (κ2) is 2.77. The maximum absolute atomic E-state index is 10.9. The lowest BCUT2D eigenvalue weighted by molar-refractivity contribution is -0.125. The molecule has 0 aliphatic carbocycles. The molecule has 5 nitrogen and oxygen atoms in total. The molecule has 1 heterocycles. The van der Waals surface area contributed by atoms with Gasteiger partial charge in [0.25, 0.3) is 0 Å². The lowest BCUT2D eigenvalue weighted by atomic mass is 10.0. The van der Waals surface area contributed by atoms with Crippen LogP contribution in [0.4, 0.5) is 4.79 Å². The van der Waals surface area contributed by atoms with Crippen LogP contribution < -0.4 is 11.1 Å². The molecule has 1 saturated heterocycles. The smallest absolute Gasteiger partial charge is 0.317 e. The minimum atomic E-state index is -0.431. The van der Waals surface area contributed by atoms with Gasteiger partial charge in [-0.2, -0.15) is 0 Å². The fraction of sp³-hybridized carbons (Fsp3) is 0.667. The number of likely N-dealkylation sites (tertiary alicyclic amines) is 1. The van der Waals surface area contributed by atoms with Gasteiger partial charge in [-0.3, -0.25) is 4.79 Å². The molecule has 0 bridgehead atoms. The summed E-state index contributed by atoms with van der Waals surface area (Å²) >= 11 is 0. The van der Waals surface area contributed by atoms with E-state index in [0.717, 1.165) is 0 Å². The Kier molecular flexibility index (Phi) is 1.98. The Balaban J connectivity index is 2.49. The second-order valence-corrected chi connectivity index (χ2v) is 2.46. The van der Waals surface area contributed by atoms with Gasteiger partial charge in [-0.25, -0.2) is 4.79 Å². The molecule has 1 rings (SSSR count). The standard InChI is InChI=1S/C6H11N3O2/c1-8-6(11)9-3-2-4(9)5(7)10/h4H,2-3H2,1H3,(H2,7,10)(H,8,11). The first-order valence-corrected chi connectivity index (χ1v) is 3.44.